The Labute approximate surface area is 171 Å². The van der Waals surface area contributed by atoms with Gasteiger partial charge in [0.1, 0.15) is 0 Å². The number of aromatic nitrogens is 3. The maximum Gasteiger partial charge on any atom is 0.323 e. The van der Waals surface area contributed by atoms with Crippen molar-refractivity contribution in [2.75, 3.05) is 10.6 Å². The summed E-state index contributed by atoms with van der Waals surface area (Å²) < 4.78 is 2.56. The van der Waals surface area contributed by atoms with E-state index in [1.165, 1.54) is 0 Å². The van der Waals surface area contributed by atoms with Crippen molar-refractivity contribution in [3.8, 4) is 5.69 Å². The number of H-pyrrole nitrogens is 2. The second-order valence-corrected chi connectivity index (χ2v) is 7.09. The first kappa shape index (κ1) is 19.2. The number of allylic oxidation sites excluding steroid dienone is 1. The van der Waals surface area contributed by atoms with Gasteiger partial charge in [0.2, 0.25) is 0 Å². The lowest BCUT2D eigenvalue weighted by Crippen LogP contribution is -2.19. The summed E-state index contributed by atoms with van der Waals surface area (Å²) in [5, 5.41) is 11.2. The number of rotatable bonds is 4. The van der Waals surface area contributed by atoms with Gasteiger partial charge in [-0.2, -0.15) is 0 Å². The Balaban J connectivity index is 1.78. The molecule has 0 spiro atoms. The number of amides is 2. The highest BCUT2D eigenvalue weighted by atomic mass is 32.1. The van der Waals surface area contributed by atoms with Crippen molar-refractivity contribution in [2.45, 2.75) is 11.8 Å². The van der Waals surface area contributed by atoms with Crippen molar-refractivity contribution in [1.29, 1.82) is 0 Å². The van der Waals surface area contributed by atoms with Crippen LogP contribution in [-0.4, -0.2) is 20.8 Å². The molecule has 2 amide bonds. The van der Waals surface area contributed by atoms with Crippen molar-refractivity contribution in [3.63, 3.8) is 0 Å². The number of hydrogen-bond donors (Lipinski definition) is 5. The molecule has 138 valence electrons. The molecule has 0 bridgehead atoms. The number of carbonyl (C=O) groups is 1. The molecule has 3 rings (SSSR count). The number of urea groups is 1. The quantitative estimate of drug-likeness (QED) is 0.286. The predicted molar refractivity (Wildman–Crippen MR) is 117 cm³/mol. The molecular formula is C18H17N5OS3. The largest absolute Gasteiger partial charge is 0.323 e. The first-order valence-electron chi connectivity index (χ1n) is 7.92. The number of carbonyl (C=O) groups excluding carboxylic acids is 1. The molecule has 0 fully saturated rings. The van der Waals surface area contributed by atoms with E-state index in [0.717, 1.165) is 21.7 Å². The molecule has 1 aromatic heterocycles. The van der Waals surface area contributed by atoms with Crippen molar-refractivity contribution in [3.05, 3.63) is 64.1 Å². The van der Waals surface area contributed by atoms with Crippen LogP contribution in [0, 0.1) is 9.54 Å². The standard InChI is InChI=1S/C18H17N5OS3/c1-10(2)14-9-12(6-7-15(14)25)20-16(24)19-11-4-3-5-13(8-11)23-17(26)21-22-18(23)27/h3-9,25H,1H2,2H3,(H,21,26)(H,22,27)(H2,19,20,24). The Kier molecular flexibility index (Phi) is 5.64. The highest BCUT2D eigenvalue weighted by Gasteiger charge is 2.08. The summed E-state index contributed by atoms with van der Waals surface area (Å²) >= 11 is 14.8. The van der Waals surface area contributed by atoms with Gasteiger partial charge in [-0.1, -0.05) is 12.6 Å². The third kappa shape index (κ3) is 4.38. The average molecular weight is 416 g/mol. The lowest BCUT2D eigenvalue weighted by Gasteiger charge is -2.11. The van der Waals surface area contributed by atoms with Gasteiger partial charge in [0.25, 0.3) is 0 Å². The van der Waals surface area contributed by atoms with E-state index < -0.39 is 0 Å². The third-order valence-corrected chi connectivity index (χ3v) is 4.72. The van der Waals surface area contributed by atoms with E-state index in [1.54, 1.807) is 22.8 Å². The smallest absolute Gasteiger partial charge is 0.308 e. The molecule has 4 N–H and O–H groups in total. The molecule has 1 heterocycles. The molecule has 0 aliphatic carbocycles. The van der Waals surface area contributed by atoms with Crippen LogP contribution in [-0.2, 0) is 0 Å². The van der Waals surface area contributed by atoms with E-state index in [1.807, 2.05) is 31.2 Å². The van der Waals surface area contributed by atoms with Crippen LogP contribution in [0.5, 0.6) is 0 Å². The van der Waals surface area contributed by atoms with Crippen molar-refractivity contribution < 1.29 is 4.79 Å². The molecule has 6 nitrogen and oxygen atoms in total. The van der Waals surface area contributed by atoms with Gasteiger partial charge < -0.3 is 10.6 Å². The first-order chi connectivity index (χ1) is 12.8. The molecule has 0 aliphatic heterocycles. The summed E-state index contributed by atoms with van der Waals surface area (Å²) in [7, 11) is 0. The fourth-order valence-corrected chi connectivity index (χ4v) is 3.40. The van der Waals surface area contributed by atoms with E-state index in [4.69, 9.17) is 24.4 Å². The van der Waals surface area contributed by atoms with Gasteiger partial charge in [-0.3, -0.25) is 14.8 Å². The van der Waals surface area contributed by atoms with E-state index >= 15 is 0 Å². The van der Waals surface area contributed by atoms with Crippen LogP contribution in [0.3, 0.4) is 0 Å². The van der Waals surface area contributed by atoms with Crippen LogP contribution in [0.25, 0.3) is 11.3 Å². The summed E-state index contributed by atoms with van der Waals surface area (Å²) in [6.07, 6.45) is 0. The summed E-state index contributed by atoms with van der Waals surface area (Å²) in [5.74, 6) is 0. The van der Waals surface area contributed by atoms with Crippen LogP contribution in [0.4, 0.5) is 16.2 Å². The highest BCUT2D eigenvalue weighted by molar-refractivity contribution is 7.80. The molecule has 0 saturated carbocycles. The molecule has 0 unspecified atom stereocenters. The molecule has 0 saturated heterocycles. The third-order valence-electron chi connectivity index (χ3n) is 3.76. The molecule has 2 aromatic carbocycles. The SMILES string of the molecule is C=C(C)c1cc(NC(=O)Nc2cccc(-n3c(=S)[nH][nH]c3=S)c2)ccc1S. The minimum Gasteiger partial charge on any atom is -0.308 e. The van der Waals surface area contributed by atoms with Gasteiger partial charge in [-0.05, 0) is 78.9 Å². The molecule has 0 atom stereocenters. The van der Waals surface area contributed by atoms with E-state index in [-0.39, 0.29) is 6.03 Å². The lowest BCUT2D eigenvalue weighted by molar-refractivity contribution is 0.262. The van der Waals surface area contributed by atoms with Gasteiger partial charge in [0.15, 0.2) is 9.54 Å². The number of nitrogens with one attached hydrogen (secondary N) is 4. The Morgan fingerprint density at radius 3 is 2.33 bits per heavy atom. The minimum atomic E-state index is -0.366. The minimum absolute atomic E-state index is 0.366. The maximum absolute atomic E-state index is 12.4. The first-order valence-corrected chi connectivity index (χ1v) is 9.18. The molecule has 0 aliphatic rings. The molecule has 0 radical (unpaired) electrons. The number of hydrogen-bond acceptors (Lipinski definition) is 4. The normalized spacial score (nSPS) is 10.4. The number of thiol groups is 1. The molecule has 27 heavy (non-hydrogen) atoms. The summed E-state index contributed by atoms with van der Waals surface area (Å²) in [6.45, 7) is 5.81. The van der Waals surface area contributed by atoms with Crippen molar-refractivity contribution in [2.24, 2.45) is 0 Å². The summed E-state index contributed by atoms with van der Waals surface area (Å²) in [5.41, 5.74) is 3.75. The number of benzene rings is 2. The molecule has 3 aromatic rings. The zero-order chi connectivity index (χ0) is 19.6. The van der Waals surface area contributed by atoms with E-state index in [9.17, 15) is 4.79 Å². The fraction of sp³-hybridized carbons (Fsp3) is 0.0556. The van der Waals surface area contributed by atoms with Crippen molar-refractivity contribution in [1.82, 2.24) is 14.8 Å². The monoisotopic (exact) mass is 415 g/mol. The van der Waals surface area contributed by atoms with Crippen LogP contribution < -0.4 is 10.6 Å². The van der Waals surface area contributed by atoms with Crippen LogP contribution >= 0.6 is 37.1 Å². The summed E-state index contributed by atoms with van der Waals surface area (Å²) in [6, 6.07) is 12.3. The van der Waals surface area contributed by atoms with Crippen molar-refractivity contribution >= 4 is 60.0 Å². The van der Waals surface area contributed by atoms with E-state index in [0.29, 0.717) is 20.9 Å². The number of anilines is 2. The average Bonchev–Trinajstić information content (AvgIpc) is 2.95. The predicted octanol–water partition coefficient (Wildman–Crippen LogP) is 5.56. The number of nitrogens with zero attached hydrogens (tertiary/aromatic N) is 1. The molecular weight excluding hydrogens is 398 g/mol. The zero-order valence-corrected chi connectivity index (χ0v) is 16.9. The topological polar surface area (TPSA) is 77.6 Å². The Bertz CT molecular complexity index is 1110. The zero-order valence-electron chi connectivity index (χ0n) is 14.4. The maximum atomic E-state index is 12.4. The number of aromatic amines is 2. The summed E-state index contributed by atoms with van der Waals surface area (Å²) in [4.78, 5) is 13.2. The van der Waals surface area contributed by atoms with Gasteiger partial charge in [-0.15, -0.1) is 12.6 Å². The Morgan fingerprint density at radius 1 is 1.07 bits per heavy atom. The van der Waals surface area contributed by atoms with Gasteiger partial charge in [-0.25, -0.2) is 4.79 Å². The van der Waals surface area contributed by atoms with Gasteiger partial charge in [0, 0.05) is 16.3 Å². The van der Waals surface area contributed by atoms with Crippen LogP contribution in [0.15, 0.2) is 53.9 Å². The Morgan fingerprint density at radius 2 is 1.70 bits per heavy atom. The van der Waals surface area contributed by atoms with Gasteiger partial charge in [0.05, 0.1) is 5.69 Å². The molecule has 9 heteroatoms. The highest BCUT2D eigenvalue weighted by Crippen LogP contribution is 2.25. The second-order valence-electron chi connectivity index (χ2n) is 5.84. The fourth-order valence-electron chi connectivity index (χ4n) is 2.52. The Hall–Kier alpha value is -2.62. The van der Waals surface area contributed by atoms with Crippen LogP contribution in [0.2, 0.25) is 0 Å². The second kappa shape index (κ2) is 7.95. The van der Waals surface area contributed by atoms with E-state index in [2.05, 4.69) is 40.0 Å². The van der Waals surface area contributed by atoms with Crippen LogP contribution in [0.1, 0.15) is 12.5 Å². The van der Waals surface area contributed by atoms with Gasteiger partial charge >= 0.3 is 6.03 Å². The lowest BCUT2D eigenvalue weighted by atomic mass is 10.1.